The Labute approximate surface area is 170 Å². The lowest BCUT2D eigenvalue weighted by atomic mass is 9.99. The summed E-state index contributed by atoms with van der Waals surface area (Å²) in [7, 11) is 0. The molecule has 0 radical (unpaired) electrons. The Morgan fingerprint density at radius 3 is 2.62 bits per heavy atom. The van der Waals surface area contributed by atoms with E-state index in [1.807, 2.05) is 0 Å². The Morgan fingerprint density at radius 1 is 1.21 bits per heavy atom. The van der Waals surface area contributed by atoms with Gasteiger partial charge < -0.3 is 29.9 Å². The van der Waals surface area contributed by atoms with Crippen molar-refractivity contribution in [1.29, 1.82) is 0 Å². The van der Waals surface area contributed by atoms with Crippen LogP contribution >= 0.6 is 11.6 Å². The van der Waals surface area contributed by atoms with Crippen LogP contribution < -0.4 is 5.32 Å². The largest absolute Gasteiger partial charge is 0.387 e. The summed E-state index contributed by atoms with van der Waals surface area (Å²) in [5.41, 5.74) is 0.903. The number of carbonyl (C=O) groups is 1. The molecule has 1 aliphatic rings. The second-order valence-electron chi connectivity index (χ2n) is 6.83. The Bertz CT molecular complexity index is 1040. The highest BCUT2D eigenvalue weighted by Crippen LogP contribution is 2.38. The fourth-order valence-corrected chi connectivity index (χ4v) is 3.59. The van der Waals surface area contributed by atoms with Gasteiger partial charge in [-0.3, -0.25) is 4.79 Å². The molecule has 5 atom stereocenters. The molecule has 1 aromatic carbocycles. The zero-order valence-corrected chi connectivity index (χ0v) is 16.1. The van der Waals surface area contributed by atoms with E-state index in [9.17, 15) is 20.1 Å². The summed E-state index contributed by atoms with van der Waals surface area (Å²) in [6.07, 6.45) is -2.98. The number of hydrogen-bond acceptors (Lipinski definition) is 7. The molecule has 152 valence electrons. The highest BCUT2D eigenvalue weighted by molar-refractivity contribution is 6.30. The first-order chi connectivity index (χ1) is 13.9. The van der Waals surface area contributed by atoms with Crippen LogP contribution in [-0.4, -0.2) is 54.1 Å². The molecule has 2 aromatic heterocycles. The molecule has 0 bridgehead atoms. The van der Waals surface area contributed by atoms with Gasteiger partial charge in [-0.1, -0.05) is 23.7 Å². The Hall–Kier alpha value is -2.56. The van der Waals surface area contributed by atoms with Gasteiger partial charge >= 0.3 is 0 Å². The van der Waals surface area contributed by atoms with Crippen LogP contribution in [0.25, 0.3) is 11.0 Å². The third-order valence-corrected chi connectivity index (χ3v) is 5.13. The second kappa shape index (κ2) is 7.69. The molecule has 1 aliphatic heterocycles. The van der Waals surface area contributed by atoms with E-state index in [-0.39, 0.29) is 5.91 Å². The zero-order valence-electron chi connectivity index (χ0n) is 15.3. The van der Waals surface area contributed by atoms with E-state index in [2.05, 4.69) is 15.3 Å². The summed E-state index contributed by atoms with van der Waals surface area (Å²) in [5.74, 6) is 0.0449. The summed E-state index contributed by atoms with van der Waals surface area (Å²) in [4.78, 5) is 19.6. The first-order valence-electron chi connectivity index (χ1n) is 8.91. The molecule has 29 heavy (non-hydrogen) atoms. The molecule has 3 heterocycles. The van der Waals surface area contributed by atoms with Crippen molar-refractivity contribution in [2.75, 3.05) is 5.32 Å². The number of fused-ring (bicyclic) bond motifs is 1. The van der Waals surface area contributed by atoms with Crippen molar-refractivity contribution in [3.8, 4) is 0 Å². The number of benzene rings is 1. The molecule has 1 saturated heterocycles. The third kappa shape index (κ3) is 3.59. The number of rotatable bonds is 4. The molecule has 1 unspecified atom stereocenters. The zero-order chi connectivity index (χ0) is 20.7. The molecule has 0 aliphatic carbocycles. The van der Waals surface area contributed by atoms with E-state index in [1.54, 1.807) is 36.5 Å². The van der Waals surface area contributed by atoms with Crippen molar-refractivity contribution in [1.82, 2.24) is 14.5 Å². The average molecular weight is 419 g/mol. The minimum absolute atomic E-state index is 0.281. The smallest absolute Gasteiger partial charge is 0.222 e. The van der Waals surface area contributed by atoms with Crippen LogP contribution in [0.2, 0.25) is 5.02 Å². The van der Waals surface area contributed by atoms with E-state index >= 15 is 0 Å². The Kier molecular flexibility index (Phi) is 5.24. The van der Waals surface area contributed by atoms with Gasteiger partial charge in [-0.25, -0.2) is 9.97 Å². The van der Waals surface area contributed by atoms with E-state index in [0.717, 1.165) is 0 Å². The number of amides is 1. The summed E-state index contributed by atoms with van der Waals surface area (Å²) in [5, 5.41) is 35.4. The predicted molar refractivity (Wildman–Crippen MR) is 104 cm³/mol. The van der Waals surface area contributed by atoms with Crippen molar-refractivity contribution in [2.45, 2.75) is 37.6 Å². The average Bonchev–Trinajstić information content (AvgIpc) is 3.24. The Balaban J connectivity index is 1.64. The molecule has 0 spiro atoms. The monoisotopic (exact) mass is 418 g/mol. The molecule has 0 saturated carbocycles. The first kappa shape index (κ1) is 19.7. The minimum atomic E-state index is -1.33. The SMILES string of the molecule is CC(=O)Nc1ncnc2c1ccn2[C@@H]1O[C@H](C(O)c2ccc(Cl)cc2)[C@@H](O)[C@H]1O. The molecular weight excluding hydrogens is 400 g/mol. The van der Waals surface area contributed by atoms with Crippen LogP contribution in [0, 0.1) is 0 Å². The molecule has 4 N–H and O–H groups in total. The van der Waals surface area contributed by atoms with Crippen molar-refractivity contribution in [2.24, 2.45) is 0 Å². The van der Waals surface area contributed by atoms with Crippen LogP contribution in [0.5, 0.6) is 0 Å². The number of nitrogens with zero attached hydrogens (tertiary/aromatic N) is 3. The van der Waals surface area contributed by atoms with Gasteiger partial charge in [0.2, 0.25) is 5.91 Å². The predicted octanol–water partition coefficient (Wildman–Crippen LogP) is 1.40. The number of halogens is 1. The van der Waals surface area contributed by atoms with Gasteiger partial charge in [-0.2, -0.15) is 0 Å². The van der Waals surface area contributed by atoms with Crippen molar-refractivity contribution in [3.63, 3.8) is 0 Å². The number of nitrogens with one attached hydrogen (secondary N) is 1. The highest BCUT2D eigenvalue weighted by Gasteiger charge is 2.47. The van der Waals surface area contributed by atoms with Gasteiger partial charge in [0.25, 0.3) is 0 Å². The van der Waals surface area contributed by atoms with E-state index in [0.29, 0.717) is 27.4 Å². The van der Waals surface area contributed by atoms with Crippen molar-refractivity contribution >= 4 is 34.4 Å². The van der Waals surface area contributed by atoms with Crippen LogP contribution in [0.4, 0.5) is 5.82 Å². The highest BCUT2D eigenvalue weighted by atomic mass is 35.5. The number of hydrogen-bond donors (Lipinski definition) is 4. The van der Waals surface area contributed by atoms with Gasteiger partial charge in [-0.15, -0.1) is 0 Å². The first-order valence-corrected chi connectivity index (χ1v) is 9.29. The lowest BCUT2D eigenvalue weighted by Crippen LogP contribution is -2.34. The fraction of sp³-hybridized carbons (Fsp3) is 0.316. The number of anilines is 1. The van der Waals surface area contributed by atoms with Gasteiger partial charge in [0.1, 0.15) is 42.2 Å². The standard InChI is InChI=1S/C19H19ClN4O5/c1-9(25)23-17-12-6-7-24(18(12)22-8-21-17)19-15(28)14(27)16(29-19)13(26)10-2-4-11(20)5-3-10/h2-8,13-16,19,26-28H,1H3,(H,21,22,23,25)/t13?,14-,15+,16+,19+/m0/s1. The number of aliphatic hydroxyl groups excluding tert-OH is 3. The van der Waals surface area contributed by atoms with Crippen molar-refractivity contribution < 1.29 is 24.9 Å². The maximum absolute atomic E-state index is 11.4. The van der Waals surface area contributed by atoms with E-state index in [1.165, 1.54) is 17.8 Å². The molecule has 1 fully saturated rings. The molecule has 4 rings (SSSR count). The van der Waals surface area contributed by atoms with E-state index in [4.69, 9.17) is 16.3 Å². The molecule has 1 amide bonds. The quantitative estimate of drug-likeness (QED) is 0.503. The lowest BCUT2D eigenvalue weighted by molar-refractivity contribution is -0.114. The number of ether oxygens (including phenoxy) is 1. The van der Waals surface area contributed by atoms with Crippen LogP contribution in [0.3, 0.4) is 0 Å². The van der Waals surface area contributed by atoms with Gasteiger partial charge in [0.05, 0.1) is 5.39 Å². The van der Waals surface area contributed by atoms with Crippen molar-refractivity contribution in [3.05, 3.63) is 53.4 Å². The van der Waals surface area contributed by atoms with E-state index < -0.39 is 30.6 Å². The van der Waals surface area contributed by atoms with Gasteiger partial charge in [0, 0.05) is 18.1 Å². The number of aromatic nitrogens is 3. The maximum atomic E-state index is 11.4. The third-order valence-electron chi connectivity index (χ3n) is 4.88. The minimum Gasteiger partial charge on any atom is -0.387 e. The summed E-state index contributed by atoms with van der Waals surface area (Å²) >= 11 is 5.87. The van der Waals surface area contributed by atoms with Crippen LogP contribution in [0.1, 0.15) is 24.8 Å². The molecular formula is C19H19ClN4O5. The normalized spacial score (nSPS) is 25.3. The van der Waals surface area contributed by atoms with Gasteiger partial charge in [0.15, 0.2) is 6.23 Å². The van der Waals surface area contributed by atoms with Crippen LogP contribution in [0.15, 0.2) is 42.9 Å². The lowest BCUT2D eigenvalue weighted by Gasteiger charge is -2.21. The molecule has 3 aromatic rings. The fourth-order valence-electron chi connectivity index (χ4n) is 3.47. The summed E-state index contributed by atoms with van der Waals surface area (Å²) < 4.78 is 7.37. The van der Waals surface area contributed by atoms with Crippen LogP contribution in [-0.2, 0) is 9.53 Å². The number of aliphatic hydroxyl groups is 3. The topological polar surface area (TPSA) is 130 Å². The summed E-state index contributed by atoms with van der Waals surface area (Å²) in [6, 6.07) is 8.16. The summed E-state index contributed by atoms with van der Waals surface area (Å²) in [6.45, 7) is 1.37. The number of carbonyl (C=O) groups excluding carboxylic acids is 1. The molecule has 9 nitrogen and oxygen atoms in total. The van der Waals surface area contributed by atoms with Gasteiger partial charge in [-0.05, 0) is 23.8 Å². The second-order valence-corrected chi connectivity index (χ2v) is 7.27. The Morgan fingerprint density at radius 2 is 1.93 bits per heavy atom. The maximum Gasteiger partial charge on any atom is 0.222 e. The molecule has 10 heteroatoms.